The molecule has 0 bridgehead atoms. The van der Waals surface area contributed by atoms with Crippen LogP contribution in [0.15, 0.2) is 12.7 Å². The molecule has 0 aromatic heterocycles. The molecule has 0 aliphatic rings. The van der Waals surface area contributed by atoms with Gasteiger partial charge in [0.05, 0.1) is 6.61 Å². The Morgan fingerprint density at radius 1 is 0.852 bits per heavy atom. The maximum Gasteiger partial charge on any atom is 0.305 e. The van der Waals surface area contributed by atoms with Crippen molar-refractivity contribution in [2.75, 3.05) is 25.6 Å². The van der Waals surface area contributed by atoms with Crippen LogP contribution in [0.3, 0.4) is 0 Å². The predicted molar refractivity (Wildman–Crippen MR) is 111 cm³/mol. The number of thioether (sulfide) groups is 1. The second kappa shape index (κ2) is 19.6. The van der Waals surface area contributed by atoms with Crippen molar-refractivity contribution in [3.63, 3.8) is 0 Å². The molecule has 0 aliphatic heterocycles. The van der Waals surface area contributed by atoms with E-state index in [0.29, 0.717) is 45.5 Å². The maximum atomic E-state index is 11.8. The Kier molecular flexibility index (Phi) is 18.8. The lowest BCUT2D eigenvalue weighted by molar-refractivity contribution is -0.145. The first-order valence-electron chi connectivity index (χ1n) is 10.1. The molecule has 0 heterocycles. The van der Waals surface area contributed by atoms with Gasteiger partial charge in [0.25, 0.3) is 0 Å². The van der Waals surface area contributed by atoms with Crippen molar-refractivity contribution in [1.82, 2.24) is 0 Å². The Bertz CT molecular complexity index is 423. The lowest BCUT2D eigenvalue weighted by Crippen LogP contribution is -2.11. The third-order valence-corrected chi connectivity index (χ3v) is 4.83. The van der Waals surface area contributed by atoms with E-state index in [4.69, 9.17) is 9.47 Å². The van der Waals surface area contributed by atoms with Crippen molar-refractivity contribution in [2.45, 2.75) is 77.6 Å². The molecule has 6 heteroatoms. The third kappa shape index (κ3) is 21.0. The fraction of sp³-hybridized carbons (Fsp3) is 0.762. The summed E-state index contributed by atoms with van der Waals surface area (Å²) < 4.78 is 10.5. The molecule has 0 aromatic rings. The van der Waals surface area contributed by atoms with Crippen LogP contribution < -0.4 is 0 Å². The van der Waals surface area contributed by atoms with Crippen molar-refractivity contribution < 1.29 is 23.9 Å². The second-order valence-corrected chi connectivity index (χ2v) is 7.79. The number of hydrogen-bond donors (Lipinski definition) is 0. The fourth-order valence-electron chi connectivity index (χ4n) is 2.41. The number of esters is 1. The molecule has 0 aromatic carbocycles. The molecule has 0 spiro atoms. The van der Waals surface area contributed by atoms with Crippen LogP contribution in [-0.2, 0) is 23.9 Å². The number of carbonyl (C=O) groups excluding carboxylic acids is 3. The number of ketones is 1. The van der Waals surface area contributed by atoms with Gasteiger partial charge in [-0.1, -0.05) is 24.3 Å². The van der Waals surface area contributed by atoms with Crippen molar-refractivity contribution in [2.24, 2.45) is 0 Å². The summed E-state index contributed by atoms with van der Waals surface area (Å²) >= 11 is 1.34. The van der Waals surface area contributed by atoms with Crippen molar-refractivity contribution >= 4 is 28.6 Å². The number of allylic oxidation sites excluding steroid dienone is 1. The smallest absolute Gasteiger partial charge is 0.305 e. The molecular formula is C21H36O5S. The van der Waals surface area contributed by atoms with Gasteiger partial charge in [-0.3, -0.25) is 14.4 Å². The summed E-state index contributed by atoms with van der Waals surface area (Å²) in [5.41, 5.74) is 0. The van der Waals surface area contributed by atoms with E-state index in [1.54, 1.807) is 6.92 Å². The van der Waals surface area contributed by atoms with Gasteiger partial charge in [0.2, 0.25) is 0 Å². The van der Waals surface area contributed by atoms with Crippen LogP contribution in [0.1, 0.15) is 77.6 Å². The molecule has 27 heavy (non-hydrogen) atoms. The van der Waals surface area contributed by atoms with E-state index >= 15 is 0 Å². The highest BCUT2D eigenvalue weighted by atomic mass is 32.2. The molecule has 0 fully saturated rings. The summed E-state index contributed by atoms with van der Waals surface area (Å²) in [5.74, 6) is 0.875. The van der Waals surface area contributed by atoms with Gasteiger partial charge in [-0.2, -0.15) is 0 Å². The first-order valence-corrected chi connectivity index (χ1v) is 11.0. The van der Waals surface area contributed by atoms with Crippen LogP contribution >= 0.6 is 11.8 Å². The molecular weight excluding hydrogens is 364 g/mol. The zero-order valence-corrected chi connectivity index (χ0v) is 17.7. The average Bonchev–Trinajstić information content (AvgIpc) is 2.63. The maximum absolute atomic E-state index is 11.8. The third-order valence-electron chi connectivity index (χ3n) is 3.93. The van der Waals surface area contributed by atoms with Gasteiger partial charge in [0.15, 0.2) is 5.12 Å². The molecule has 0 radical (unpaired) electrons. The number of carbonyl (C=O) groups is 3. The zero-order valence-electron chi connectivity index (χ0n) is 16.8. The highest BCUT2D eigenvalue weighted by molar-refractivity contribution is 8.13. The molecule has 0 amide bonds. The van der Waals surface area contributed by atoms with Crippen LogP contribution in [-0.4, -0.2) is 42.4 Å². The summed E-state index contributed by atoms with van der Waals surface area (Å²) in [6.45, 7) is 6.65. The standard InChI is InChI=1S/C21H36O5S/c1-3-4-5-10-15-25-16-17-26-21(24)14-9-8-13-20(23)12-7-6-11-18-27-19(2)22/h3H,1,4-18H2,2H3. The SMILES string of the molecule is C=CCCCCOCCOC(=O)CCCCC(=O)CCCCCSC(C)=O. The fourth-order valence-corrected chi connectivity index (χ4v) is 3.05. The van der Waals surface area contributed by atoms with E-state index in [1.165, 1.54) is 11.8 Å². The topological polar surface area (TPSA) is 69.7 Å². The summed E-state index contributed by atoms with van der Waals surface area (Å²) in [7, 11) is 0. The Balaban J connectivity index is 3.35. The van der Waals surface area contributed by atoms with Crippen LogP contribution in [0.2, 0.25) is 0 Å². The van der Waals surface area contributed by atoms with E-state index < -0.39 is 0 Å². The number of unbranched alkanes of at least 4 members (excludes halogenated alkanes) is 5. The van der Waals surface area contributed by atoms with Gasteiger partial charge in [-0.15, -0.1) is 6.58 Å². The van der Waals surface area contributed by atoms with Crippen LogP contribution in [0.4, 0.5) is 0 Å². The van der Waals surface area contributed by atoms with Gasteiger partial charge in [-0.25, -0.2) is 0 Å². The minimum atomic E-state index is -0.222. The highest BCUT2D eigenvalue weighted by Crippen LogP contribution is 2.10. The lowest BCUT2D eigenvalue weighted by Gasteiger charge is -2.06. The minimum absolute atomic E-state index is 0.149. The quantitative estimate of drug-likeness (QED) is 0.175. The first-order chi connectivity index (χ1) is 13.1. The number of Topliss-reactive ketones (excluding diaryl/α,β-unsaturated/α-hetero) is 1. The Morgan fingerprint density at radius 3 is 2.26 bits per heavy atom. The number of hydrogen-bond acceptors (Lipinski definition) is 6. The van der Waals surface area contributed by atoms with Crippen LogP contribution in [0.5, 0.6) is 0 Å². The summed E-state index contributed by atoms with van der Waals surface area (Å²) in [6.07, 6.45) is 10.7. The van der Waals surface area contributed by atoms with Crippen molar-refractivity contribution in [3.05, 3.63) is 12.7 Å². The Labute approximate surface area is 168 Å². The minimum Gasteiger partial charge on any atom is -0.463 e. The van der Waals surface area contributed by atoms with E-state index in [2.05, 4.69) is 6.58 Å². The van der Waals surface area contributed by atoms with Gasteiger partial charge < -0.3 is 9.47 Å². The molecule has 0 unspecified atom stereocenters. The lowest BCUT2D eigenvalue weighted by atomic mass is 10.1. The average molecular weight is 401 g/mol. The molecule has 0 saturated carbocycles. The van der Waals surface area contributed by atoms with Crippen LogP contribution in [0.25, 0.3) is 0 Å². The van der Waals surface area contributed by atoms with Gasteiger partial charge >= 0.3 is 5.97 Å². The Morgan fingerprint density at radius 2 is 1.56 bits per heavy atom. The van der Waals surface area contributed by atoms with Gasteiger partial charge in [-0.05, 0) is 44.9 Å². The molecule has 0 saturated heterocycles. The molecule has 0 rings (SSSR count). The zero-order chi connectivity index (χ0) is 20.2. The van der Waals surface area contributed by atoms with Crippen molar-refractivity contribution in [3.8, 4) is 0 Å². The van der Waals surface area contributed by atoms with E-state index in [-0.39, 0.29) is 16.9 Å². The normalized spacial score (nSPS) is 10.6. The molecule has 0 aliphatic carbocycles. The van der Waals surface area contributed by atoms with E-state index in [1.807, 2.05) is 6.08 Å². The Hall–Kier alpha value is -1.14. The van der Waals surface area contributed by atoms with Crippen LogP contribution in [0, 0.1) is 0 Å². The number of ether oxygens (including phenoxy) is 2. The summed E-state index contributed by atoms with van der Waals surface area (Å²) in [6, 6.07) is 0. The second-order valence-electron chi connectivity index (χ2n) is 6.51. The number of rotatable bonds is 19. The highest BCUT2D eigenvalue weighted by Gasteiger charge is 2.06. The first kappa shape index (κ1) is 25.9. The molecule has 0 atom stereocenters. The summed E-state index contributed by atoms with van der Waals surface area (Å²) in [5, 5.41) is 0.149. The molecule has 156 valence electrons. The largest absolute Gasteiger partial charge is 0.463 e. The van der Waals surface area contributed by atoms with E-state index in [0.717, 1.165) is 50.7 Å². The predicted octanol–water partition coefficient (Wildman–Crippen LogP) is 4.87. The summed E-state index contributed by atoms with van der Waals surface area (Å²) in [4.78, 5) is 34.1. The van der Waals surface area contributed by atoms with Gasteiger partial charge in [0, 0.05) is 38.5 Å². The monoisotopic (exact) mass is 400 g/mol. The van der Waals surface area contributed by atoms with Crippen molar-refractivity contribution in [1.29, 1.82) is 0 Å². The van der Waals surface area contributed by atoms with Gasteiger partial charge in [0.1, 0.15) is 12.4 Å². The molecule has 5 nitrogen and oxygen atoms in total. The van der Waals surface area contributed by atoms with E-state index in [9.17, 15) is 14.4 Å². The molecule has 0 N–H and O–H groups in total.